The van der Waals surface area contributed by atoms with E-state index in [1.165, 1.54) is 12.0 Å². The van der Waals surface area contributed by atoms with Crippen LogP contribution < -0.4 is 0 Å². The second kappa shape index (κ2) is 7.25. The van der Waals surface area contributed by atoms with Gasteiger partial charge in [0.25, 0.3) is 0 Å². The second-order valence-electron chi connectivity index (χ2n) is 10.4. The maximum absolute atomic E-state index is 12.5. The number of carbonyl (C=O) groups is 1. The molecule has 1 N–H and O–H groups in total. The molecule has 0 radical (unpaired) electrons. The minimum Gasteiger partial charge on any atom is -0.458 e. The molecule has 0 amide bonds. The van der Waals surface area contributed by atoms with Gasteiger partial charge >= 0.3 is 5.97 Å². The number of hydrogen-bond donors (Lipinski definition) is 1. The maximum atomic E-state index is 12.5. The van der Waals surface area contributed by atoms with Gasteiger partial charge in [-0.05, 0) is 80.2 Å². The molecule has 0 heterocycles. The van der Waals surface area contributed by atoms with Gasteiger partial charge in [-0.1, -0.05) is 48.9 Å². The summed E-state index contributed by atoms with van der Waals surface area (Å²) in [7, 11) is 0. The van der Waals surface area contributed by atoms with E-state index in [2.05, 4.69) is 25.1 Å². The number of carbonyl (C=O) groups excluding carboxylic acids is 1. The highest BCUT2D eigenvalue weighted by Crippen LogP contribution is 2.64. The van der Waals surface area contributed by atoms with Crippen LogP contribution >= 0.6 is 0 Å². The van der Waals surface area contributed by atoms with Gasteiger partial charge in [0, 0.05) is 11.8 Å². The lowest BCUT2D eigenvalue weighted by atomic mass is 9.48. The molecule has 6 atom stereocenters. The Morgan fingerprint density at radius 1 is 1.07 bits per heavy atom. The van der Waals surface area contributed by atoms with E-state index in [-0.39, 0.29) is 22.9 Å². The topological polar surface area (TPSA) is 58.9 Å². The molecule has 1 aromatic rings. The lowest BCUT2D eigenvalue weighted by Gasteiger charge is -2.57. The van der Waals surface area contributed by atoms with Crippen LogP contribution in [0.4, 0.5) is 0 Å². The van der Waals surface area contributed by atoms with Crippen molar-refractivity contribution in [2.75, 3.05) is 0 Å². The van der Waals surface area contributed by atoms with Crippen LogP contribution in [0.2, 0.25) is 0 Å². The molecule has 0 spiro atoms. The number of oxime groups is 1. The fraction of sp³-hybridized carbons (Fsp3) is 0.615. The van der Waals surface area contributed by atoms with Gasteiger partial charge in [0.05, 0.1) is 11.3 Å². The standard InChI is InChI=1S/C26H33NO3/c1-25-14-12-19(30-24(28)17-6-4-3-5-7-17)16-18(25)8-9-20-21-10-11-23(27-29)26(21,2)15-13-22(20)25/h3-8,19-22,29H,9-16H2,1-2H3/b27-23-/t19-,20-,21-,22-,25-,26-/m0/s1. The third-order valence-corrected chi connectivity index (χ3v) is 9.20. The van der Waals surface area contributed by atoms with E-state index in [0.29, 0.717) is 23.3 Å². The van der Waals surface area contributed by atoms with Gasteiger partial charge in [0.1, 0.15) is 6.10 Å². The first kappa shape index (κ1) is 19.8. The molecule has 0 aromatic heterocycles. The summed E-state index contributed by atoms with van der Waals surface area (Å²) in [4.78, 5) is 12.5. The summed E-state index contributed by atoms with van der Waals surface area (Å²) in [5, 5.41) is 13.2. The Labute approximate surface area is 179 Å². The first-order valence-electron chi connectivity index (χ1n) is 11.6. The minimum absolute atomic E-state index is 0.0120. The van der Waals surface area contributed by atoms with Gasteiger partial charge in [-0.25, -0.2) is 4.79 Å². The molecule has 4 aliphatic rings. The number of esters is 1. The number of benzene rings is 1. The predicted octanol–water partition coefficient (Wildman–Crippen LogP) is 6.01. The number of ether oxygens (including phenoxy) is 1. The smallest absolute Gasteiger partial charge is 0.338 e. The first-order valence-corrected chi connectivity index (χ1v) is 11.6. The van der Waals surface area contributed by atoms with Crippen LogP contribution in [-0.2, 0) is 4.74 Å². The molecule has 0 aliphatic heterocycles. The van der Waals surface area contributed by atoms with Crippen molar-refractivity contribution in [3.05, 3.63) is 47.5 Å². The summed E-state index contributed by atoms with van der Waals surface area (Å²) in [5.74, 6) is 1.80. The van der Waals surface area contributed by atoms with Gasteiger partial charge in [-0.15, -0.1) is 0 Å². The van der Waals surface area contributed by atoms with Crippen LogP contribution in [0.25, 0.3) is 0 Å². The van der Waals surface area contributed by atoms with Gasteiger partial charge < -0.3 is 9.94 Å². The molecular formula is C26H33NO3. The quantitative estimate of drug-likeness (QED) is 0.283. The largest absolute Gasteiger partial charge is 0.458 e. The fourth-order valence-electron chi connectivity index (χ4n) is 7.47. The third kappa shape index (κ3) is 2.94. The highest BCUT2D eigenvalue weighted by Gasteiger charge is 2.58. The molecule has 0 bridgehead atoms. The molecule has 0 saturated heterocycles. The van der Waals surface area contributed by atoms with Crippen LogP contribution in [0, 0.1) is 28.6 Å². The molecule has 3 fully saturated rings. The summed E-state index contributed by atoms with van der Waals surface area (Å²) >= 11 is 0. The van der Waals surface area contributed by atoms with Crippen LogP contribution in [0.3, 0.4) is 0 Å². The molecule has 5 rings (SSSR count). The molecule has 0 unspecified atom stereocenters. The Kier molecular flexibility index (Phi) is 4.79. The van der Waals surface area contributed by atoms with Crippen LogP contribution in [-0.4, -0.2) is 23.0 Å². The Balaban J connectivity index is 1.33. The van der Waals surface area contributed by atoms with E-state index in [1.807, 2.05) is 30.3 Å². The Morgan fingerprint density at radius 2 is 1.80 bits per heavy atom. The molecule has 4 heteroatoms. The van der Waals surface area contributed by atoms with Crippen molar-refractivity contribution < 1.29 is 14.7 Å². The first-order chi connectivity index (χ1) is 14.5. The zero-order chi connectivity index (χ0) is 20.9. The van der Waals surface area contributed by atoms with Crippen molar-refractivity contribution in [1.82, 2.24) is 0 Å². The van der Waals surface area contributed by atoms with Gasteiger partial charge in [0.2, 0.25) is 0 Å². The lowest BCUT2D eigenvalue weighted by molar-refractivity contribution is -0.0287. The van der Waals surface area contributed by atoms with Gasteiger partial charge in [-0.3, -0.25) is 0 Å². The molecule has 4 nitrogen and oxygen atoms in total. The van der Waals surface area contributed by atoms with E-state index in [4.69, 9.17) is 4.74 Å². The Hall–Kier alpha value is -2.10. The van der Waals surface area contributed by atoms with E-state index in [1.54, 1.807) is 0 Å². The van der Waals surface area contributed by atoms with Crippen molar-refractivity contribution >= 4 is 11.7 Å². The average Bonchev–Trinajstić information content (AvgIpc) is 3.11. The van der Waals surface area contributed by atoms with Crippen molar-refractivity contribution in [1.29, 1.82) is 0 Å². The Morgan fingerprint density at radius 3 is 2.57 bits per heavy atom. The molecule has 1 aromatic carbocycles. The van der Waals surface area contributed by atoms with E-state index < -0.39 is 0 Å². The molecule has 30 heavy (non-hydrogen) atoms. The minimum atomic E-state index is -0.200. The third-order valence-electron chi connectivity index (χ3n) is 9.20. The highest BCUT2D eigenvalue weighted by atomic mass is 16.5. The number of hydrogen-bond acceptors (Lipinski definition) is 4. The maximum Gasteiger partial charge on any atom is 0.338 e. The second-order valence-corrected chi connectivity index (χ2v) is 10.4. The summed E-state index contributed by atoms with van der Waals surface area (Å²) in [6.45, 7) is 4.79. The zero-order valence-corrected chi connectivity index (χ0v) is 18.1. The number of allylic oxidation sites excluding steroid dienone is 1. The zero-order valence-electron chi connectivity index (χ0n) is 18.1. The monoisotopic (exact) mass is 407 g/mol. The molecule has 160 valence electrons. The lowest BCUT2D eigenvalue weighted by Crippen LogP contribution is -2.50. The molecule has 4 aliphatic carbocycles. The fourth-order valence-corrected chi connectivity index (χ4v) is 7.47. The van der Waals surface area contributed by atoms with E-state index >= 15 is 0 Å². The normalized spacial score (nSPS) is 41.4. The van der Waals surface area contributed by atoms with Gasteiger partial charge in [0.15, 0.2) is 0 Å². The van der Waals surface area contributed by atoms with Crippen molar-refractivity contribution in [2.24, 2.45) is 33.7 Å². The van der Waals surface area contributed by atoms with Gasteiger partial charge in [-0.2, -0.15) is 0 Å². The average molecular weight is 408 g/mol. The molecule has 3 saturated carbocycles. The van der Waals surface area contributed by atoms with Crippen molar-refractivity contribution in [3.8, 4) is 0 Å². The highest BCUT2D eigenvalue weighted by molar-refractivity contribution is 5.92. The predicted molar refractivity (Wildman–Crippen MR) is 117 cm³/mol. The Bertz CT molecular complexity index is 891. The van der Waals surface area contributed by atoms with Crippen molar-refractivity contribution in [2.45, 2.75) is 71.3 Å². The summed E-state index contributed by atoms with van der Waals surface area (Å²) in [5.41, 5.74) is 3.48. The van der Waals surface area contributed by atoms with E-state index in [9.17, 15) is 10.0 Å². The summed E-state index contributed by atoms with van der Waals surface area (Å²) in [6, 6.07) is 9.33. The number of rotatable bonds is 2. The SMILES string of the molecule is C[C@]12CC[C@H](OC(=O)c3ccccc3)CC1=CC[C@@H]1[C@@H]2CC[C@]2(C)/C(=N\O)CC[C@@H]12. The number of nitrogens with zero attached hydrogens (tertiary/aromatic N) is 1. The number of fused-ring (bicyclic) bond motifs is 5. The summed E-state index contributed by atoms with van der Waals surface area (Å²) < 4.78 is 5.90. The van der Waals surface area contributed by atoms with Crippen LogP contribution in [0.15, 0.2) is 47.1 Å². The van der Waals surface area contributed by atoms with Crippen LogP contribution in [0.1, 0.15) is 75.6 Å². The molecular weight excluding hydrogens is 374 g/mol. The van der Waals surface area contributed by atoms with E-state index in [0.717, 1.165) is 50.7 Å². The van der Waals surface area contributed by atoms with Crippen LogP contribution in [0.5, 0.6) is 0 Å². The summed E-state index contributed by atoms with van der Waals surface area (Å²) in [6.07, 6.45) is 11.0. The van der Waals surface area contributed by atoms with Crippen molar-refractivity contribution in [3.63, 3.8) is 0 Å².